The van der Waals surface area contributed by atoms with Gasteiger partial charge in [0.2, 0.25) is 5.91 Å². The number of carboxylic acids is 1. The highest BCUT2D eigenvalue weighted by molar-refractivity contribution is 7.15. The number of hydrogen-bond donors (Lipinski definition) is 2. The van der Waals surface area contributed by atoms with Gasteiger partial charge in [0, 0.05) is 41.2 Å². The topological polar surface area (TPSA) is 103 Å². The number of nitrogens with one attached hydrogen (secondary N) is 1. The summed E-state index contributed by atoms with van der Waals surface area (Å²) in [5.41, 5.74) is -2.16. The van der Waals surface area contributed by atoms with Crippen LogP contribution >= 0.6 is 34.5 Å². The standard InChI is InChI=1S/C24H24Cl2F2N4O4S/c1-22(2,3)14-8-29-21(37-14)31(4)18(33)15-13-7-23(27,28)9-32(13)24(16(15)19(34)35)11-5-10(25)6-12(26)17(11)30-20(24)36/h5-6,8,13,15-16H,7,9H2,1-4H3,(H,30,36)(H,34,35)/t13-,15+,16-,24+/m1/s1. The van der Waals surface area contributed by atoms with Crippen molar-refractivity contribution < 1.29 is 28.3 Å². The van der Waals surface area contributed by atoms with Crippen LogP contribution in [0.25, 0.3) is 0 Å². The Bertz CT molecular complexity index is 1350. The minimum absolute atomic E-state index is 0.0451. The van der Waals surface area contributed by atoms with E-state index < -0.39 is 60.1 Å². The maximum atomic E-state index is 14.9. The normalized spacial score (nSPS) is 28.3. The average Bonchev–Trinajstić information content (AvgIpc) is 3.50. The fraction of sp³-hybridized carbons (Fsp3) is 0.500. The molecule has 5 rings (SSSR count). The molecule has 0 aliphatic carbocycles. The summed E-state index contributed by atoms with van der Waals surface area (Å²) in [6.45, 7) is 5.06. The van der Waals surface area contributed by atoms with E-state index in [2.05, 4.69) is 10.3 Å². The van der Waals surface area contributed by atoms with E-state index in [0.29, 0.717) is 5.13 Å². The highest BCUT2D eigenvalue weighted by atomic mass is 35.5. The number of anilines is 2. The number of alkyl halides is 2. The molecule has 3 aliphatic rings. The summed E-state index contributed by atoms with van der Waals surface area (Å²) in [6, 6.07) is 1.51. The minimum Gasteiger partial charge on any atom is -0.481 e. The van der Waals surface area contributed by atoms with Crippen molar-refractivity contribution in [3.8, 4) is 0 Å². The number of rotatable bonds is 3. The number of aromatic nitrogens is 1. The van der Waals surface area contributed by atoms with Crippen molar-refractivity contribution in [2.45, 2.75) is 50.1 Å². The number of carbonyl (C=O) groups is 3. The SMILES string of the molecule is CN(C(=O)[C@H]1[C@H]2CC(F)(F)CN2[C@]2(C(=O)Nc3c(Cl)cc(Cl)cc32)[C@H]1C(=O)O)c1ncc(C(C)(C)C)s1. The Labute approximate surface area is 225 Å². The van der Waals surface area contributed by atoms with Crippen molar-refractivity contribution in [3.63, 3.8) is 0 Å². The predicted octanol–water partition coefficient (Wildman–Crippen LogP) is 4.60. The highest BCUT2D eigenvalue weighted by Crippen LogP contribution is 2.61. The van der Waals surface area contributed by atoms with E-state index >= 15 is 0 Å². The highest BCUT2D eigenvalue weighted by Gasteiger charge is 2.74. The lowest BCUT2D eigenvalue weighted by Crippen LogP contribution is -2.54. The summed E-state index contributed by atoms with van der Waals surface area (Å²) in [6.07, 6.45) is 0.861. The molecule has 198 valence electrons. The van der Waals surface area contributed by atoms with E-state index in [0.717, 1.165) is 4.88 Å². The summed E-state index contributed by atoms with van der Waals surface area (Å²) < 4.78 is 29.8. The molecular formula is C24H24Cl2F2N4O4S. The number of benzene rings is 1. The molecule has 8 nitrogen and oxygen atoms in total. The third kappa shape index (κ3) is 3.77. The molecule has 2 aromatic rings. The van der Waals surface area contributed by atoms with Crippen LogP contribution in [0, 0.1) is 11.8 Å². The molecule has 2 saturated heterocycles. The molecule has 4 atom stereocenters. The lowest BCUT2D eigenvalue weighted by molar-refractivity contribution is -0.153. The molecule has 2 N–H and O–H groups in total. The van der Waals surface area contributed by atoms with Crippen LogP contribution in [0.3, 0.4) is 0 Å². The van der Waals surface area contributed by atoms with E-state index in [-0.39, 0.29) is 26.7 Å². The van der Waals surface area contributed by atoms with Crippen molar-refractivity contribution >= 4 is 63.1 Å². The lowest BCUT2D eigenvalue weighted by atomic mass is 9.73. The van der Waals surface area contributed by atoms with Gasteiger partial charge in [-0.2, -0.15) is 0 Å². The lowest BCUT2D eigenvalue weighted by Gasteiger charge is -2.35. The van der Waals surface area contributed by atoms with Gasteiger partial charge < -0.3 is 10.4 Å². The maximum absolute atomic E-state index is 14.9. The number of fused-ring (bicyclic) bond motifs is 4. The first-order chi connectivity index (χ1) is 17.1. The van der Waals surface area contributed by atoms with Crippen molar-refractivity contribution in [1.82, 2.24) is 9.88 Å². The van der Waals surface area contributed by atoms with E-state index in [1.165, 1.54) is 40.3 Å². The van der Waals surface area contributed by atoms with Crippen LogP contribution in [-0.2, 0) is 25.3 Å². The van der Waals surface area contributed by atoms with Gasteiger partial charge in [0.25, 0.3) is 11.8 Å². The average molecular weight is 573 g/mol. The van der Waals surface area contributed by atoms with E-state index in [9.17, 15) is 28.3 Å². The second-order valence-corrected chi connectivity index (χ2v) is 12.6. The number of carboxylic acid groups (broad SMARTS) is 1. The molecule has 0 radical (unpaired) electrons. The summed E-state index contributed by atoms with van der Waals surface area (Å²) in [4.78, 5) is 48.0. The molecule has 2 fully saturated rings. The third-order valence-electron chi connectivity index (χ3n) is 7.44. The monoisotopic (exact) mass is 572 g/mol. The van der Waals surface area contributed by atoms with Crippen molar-refractivity contribution in [2.24, 2.45) is 11.8 Å². The van der Waals surface area contributed by atoms with Gasteiger partial charge in [-0.15, -0.1) is 11.3 Å². The van der Waals surface area contributed by atoms with Crippen molar-refractivity contribution in [1.29, 1.82) is 0 Å². The van der Waals surface area contributed by atoms with Crippen LogP contribution in [0.5, 0.6) is 0 Å². The number of carbonyl (C=O) groups excluding carboxylic acids is 2. The molecule has 0 unspecified atom stereocenters. The summed E-state index contributed by atoms with van der Waals surface area (Å²) in [5.74, 6) is -9.39. The first kappa shape index (κ1) is 26.3. The fourth-order valence-electron chi connectivity index (χ4n) is 5.87. The Morgan fingerprint density at radius 2 is 1.97 bits per heavy atom. The zero-order valence-corrected chi connectivity index (χ0v) is 22.6. The summed E-state index contributed by atoms with van der Waals surface area (Å²) in [7, 11) is 1.44. The molecule has 4 heterocycles. The molecule has 0 saturated carbocycles. The molecular weight excluding hydrogens is 549 g/mol. The van der Waals surface area contributed by atoms with Gasteiger partial charge in [0.1, 0.15) is 11.5 Å². The summed E-state index contributed by atoms with van der Waals surface area (Å²) >= 11 is 13.8. The number of amides is 2. The Hall–Kier alpha value is -2.34. The second kappa shape index (κ2) is 8.33. The second-order valence-electron chi connectivity index (χ2n) is 10.8. The van der Waals surface area contributed by atoms with Gasteiger partial charge in [0.05, 0.1) is 23.2 Å². The van der Waals surface area contributed by atoms with Crippen molar-refractivity contribution in [2.75, 3.05) is 23.8 Å². The quantitative estimate of drug-likeness (QED) is 0.557. The number of halogens is 4. The molecule has 1 spiro atoms. The molecule has 1 aromatic heterocycles. The minimum atomic E-state index is -3.25. The van der Waals surface area contributed by atoms with Gasteiger partial charge in [0.15, 0.2) is 5.13 Å². The molecule has 0 bridgehead atoms. The number of hydrogen-bond acceptors (Lipinski definition) is 6. The molecule has 1 aromatic carbocycles. The Balaban J connectivity index is 1.67. The maximum Gasteiger partial charge on any atom is 0.310 e. The first-order valence-electron chi connectivity index (χ1n) is 11.5. The number of thiazole rings is 1. The van der Waals surface area contributed by atoms with Crippen LogP contribution in [0.2, 0.25) is 10.0 Å². The Kier molecular flexibility index (Phi) is 5.91. The van der Waals surface area contributed by atoms with E-state index in [1.807, 2.05) is 20.8 Å². The number of aliphatic carboxylic acids is 1. The van der Waals surface area contributed by atoms with Crippen molar-refractivity contribution in [3.05, 3.63) is 38.8 Å². The van der Waals surface area contributed by atoms with Crippen LogP contribution in [0.4, 0.5) is 19.6 Å². The third-order valence-corrected chi connectivity index (χ3v) is 9.45. The van der Waals surface area contributed by atoms with E-state index in [1.54, 1.807) is 6.20 Å². The zero-order chi connectivity index (χ0) is 27.2. The van der Waals surface area contributed by atoms with Gasteiger partial charge >= 0.3 is 5.97 Å². The van der Waals surface area contributed by atoms with Crippen LogP contribution in [0.15, 0.2) is 18.3 Å². The fourth-order valence-corrected chi connectivity index (χ4v) is 7.35. The molecule has 13 heteroatoms. The van der Waals surface area contributed by atoms with Crippen LogP contribution in [0.1, 0.15) is 37.6 Å². The molecule has 2 amide bonds. The van der Waals surface area contributed by atoms with Gasteiger partial charge in [-0.1, -0.05) is 44.0 Å². The van der Waals surface area contributed by atoms with Gasteiger partial charge in [-0.3, -0.25) is 24.2 Å². The van der Waals surface area contributed by atoms with E-state index in [4.69, 9.17) is 23.2 Å². The van der Waals surface area contributed by atoms with Gasteiger partial charge in [-0.05, 0) is 17.5 Å². The predicted molar refractivity (Wildman–Crippen MR) is 136 cm³/mol. The van der Waals surface area contributed by atoms with Crippen LogP contribution in [-0.4, -0.2) is 58.3 Å². The zero-order valence-electron chi connectivity index (χ0n) is 20.3. The Morgan fingerprint density at radius 1 is 1.30 bits per heavy atom. The molecule has 37 heavy (non-hydrogen) atoms. The smallest absolute Gasteiger partial charge is 0.310 e. The number of nitrogens with zero attached hydrogens (tertiary/aromatic N) is 3. The van der Waals surface area contributed by atoms with Crippen LogP contribution < -0.4 is 10.2 Å². The first-order valence-corrected chi connectivity index (χ1v) is 13.1. The van der Waals surface area contributed by atoms with Gasteiger partial charge in [-0.25, -0.2) is 13.8 Å². The Morgan fingerprint density at radius 3 is 2.57 bits per heavy atom. The molecule has 3 aliphatic heterocycles. The summed E-state index contributed by atoms with van der Waals surface area (Å²) in [5, 5.41) is 13.5. The largest absolute Gasteiger partial charge is 0.481 e.